The van der Waals surface area contributed by atoms with Gasteiger partial charge >= 0.3 is 18.2 Å². The molecule has 0 saturated heterocycles. The molecule has 0 aromatic heterocycles. The zero-order valence-electron chi connectivity index (χ0n) is 26.5. The Balaban J connectivity index is 1.40. The van der Waals surface area contributed by atoms with Gasteiger partial charge in [0.05, 0.1) is 41.7 Å². The summed E-state index contributed by atoms with van der Waals surface area (Å²) >= 11 is 0. The fourth-order valence-electron chi connectivity index (χ4n) is 5.48. The number of rotatable bonds is 7. The maximum atomic E-state index is 13.8. The predicted octanol–water partition coefficient (Wildman–Crippen LogP) is 6.89. The minimum atomic E-state index is -4.51. The summed E-state index contributed by atoms with van der Waals surface area (Å²) in [6.07, 6.45) is -5.22. The van der Waals surface area contributed by atoms with E-state index in [1.54, 1.807) is 31.2 Å². The number of halogens is 3. The normalized spacial score (nSPS) is 17.0. The van der Waals surface area contributed by atoms with Crippen LogP contribution >= 0.6 is 0 Å². The first kappa shape index (κ1) is 34.0. The van der Waals surface area contributed by atoms with Crippen LogP contribution in [0, 0.1) is 5.92 Å². The van der Waals surface area contributed by atoms with E-state index in [1.807, 2.05) is 43.3 Å². The summed E-state index contributed by atoms with van der Waals surface area (Å²) < 4.78 is 45.4. The van der Waals surface area contributed by atoms with E-state index in [2.05, 4.69) is 16.0 Å². The van der Waals surface area contributed by atoms with Crippen LogP contribution in [-0.4, -0.2) is 71.8 Å². The van der Waals surface area contributed by atoms with Gasteiger partial charge in [0.1, 0.15) is 6.10 Å². The SMILES string of the molecule is C[C@H](CO)N1C[C@H](C)[C@H](CN(C)C(=O)Nc2ccc(C(F)(F)F)cc2)Oc2c(NC(=O)Nc3cccc4ccccc34)cccc2C1=O. The van der Waals surface area contributed by atoms with Crippen molar-refractivity contribution in [2.75, 3.05) is 42.7 Å². The van der Waals surface area contributed by atoms with E-state index in [1.165, 1.54) is 29.0 Å². The van der Waals surface area contributed by atoms with Gasteiger partial charge in [0.15, 0.2) is 5.75 Å². The van der Waals surface area contributed by atoms with Gasteiger partial charge in [0.25, 0.3) is 5.91 Å². The number of fused-ring (bicyclic) bond motifs is 2. The molecule has 252 valence electrons. The van der Waals surface area contributed by atoms with Crippen molar-refractivity contribution in [3.8, 4) is 5.75 Å². The molecule has 0 unspecified atom stereocenters. The van der Waals surface area contributed by atoms with Crippen molar-refractivity contribution in [2.45, 2.75) is 32.2 Å². The molecule has 0 aliphatic carbocycles. The minimum absolute atomic E-state index is 0.0130. The Hall–Kier alpha value is -5.30. The van der Waals surface area contributed by atoms with Crippen molar-refractivity contribution >= 4 is 45.8 Å². The van der Waals surface area contributed by atoms with Crippen molar-refractivity contribution in [3.63, 3.8) is 0 Å². The van der Waals surface area contributed by atoms with Gasteiger partial charge in [-0.3, -0.25) is 4.79 Å². The monoisotopic (exact) mass is 663 g/mol. The Labute approximate surface area is 275 Å². The lowest BCUT2D eigenvalue weighted by Crippen LogP contribution is -2.50. The van der Waals surface area contributed by atoms with E-state index in [9.17, 15) is 32.7 Å². The van der Waals surface area contributed by atoms with Gasteiger partial charge < -0.3 is 35.6 Å². The van der Waals surface area contributed by atoms with Crippen LogP contribution in [0.25, 0.3) is 10.8 Å². The molecule has 1 aliphatic rings. The topological polar surface area (TPSA) is 123 Å². The van der Waals surface area contributed by atoms with Crippen LogP contribution in [0.15, 0.2) is 84.9 Å². The minimum Gasteiger partial charge on any atom is -0.485 e. The number of aliphatic hydroxyl groups excluding tert-OH is 1. The van der Waals surface area contributed by atoms with E-state index in [4.69, 9.17) is 4.74 Å². The molecule has 10 nitrogen and oxygen atoms in total. The number of benzene rings is 4. The standard InChI is InChI=1S/C35H36F3N5O5/c1-21-18-43(22(2)20-44)32(45)27-11-7-13-29(41-33(46)40-28-12-6-9-23-8-4-5-10-26(23)28)31(27)48-30(21)19-42(3)34(47)39-25-16-14-24(15-17-25)35(36,37)38/h4-17,21-22,30,44H,18-20H2,1-3H3,(H,39,47)(H2,40,41,46)/t21-,22+,30-/m0/s1. The number of anilines is 3. The zero-order valence-corrected chi connectivity index (χ0v) is 26.5. The maximum absolute atomic E-state index is 13.8. The van der Waals surface area contributed by atoms with E-state index in [0.717, 1.165) is 22.9 Å². The molecule has 5 rings (SSSR count). The average molecular weight is 664 g/mol. The third-order valence-corrected chi connectivity index (χ3v) is 8.24. The molecule has 0 bridgehead atoms. The summed E-state index contributed by atoms with van der Waals surface area (Å²) in [5.74, 6) is -0.669. The van der Waals surface area contributed by atoms with Crippen LogP contribution in [0.1, 0.15) is 29.8 Å². The molecule has 4 aromatic rings. The molecule has 4 aromatic carbocycles. The van der Waals surface area contributed by atoms with Crippen LogP contribution in [0.2, 0.25) is 0 Å². The number of nitrogens with one attached hydrogen (secondary N) is 3. The van der Waals surface area contributed by atoms with Gasteiger partial charge in [0, 0.05) is 30.6 Å². The molecular formula is C35H36F3N5O5. The van der Waals surface area contributed by atoms with Crippen molar-refractivity contribution < 1.29 is 37.4 Å². The first-order valence-electron chi connectivity index (χ1n) is 15.3. The van der Waals surface area contributed by atoms with Crippen molar-refractivity contribution in [1.82, 2.24) is 9.80 Å². The Bertz CT molecular complexity index is 1790. The molecular weight excluding hydrogens is 627 g/mol. The second-order valence-electron chi connectivity index (χ2n) is 11.8. The zero-order chi connectivity index (χ0) is 34.6. The summed E-state index contributed by atoms with van der Waals surface area (Å²) in [6, 6.07) is 20.3. The Morgan fingerprint density at radius 3 is 2.31 bits per heavy atom. The van der Waals surface area contributed by atoms with Crippen molar-refractivity contribution in [3.05, 3.63) is 96.1 Å². The number of hydrogen-bond donors (Lipinski definition) is 4. The van der Waals surface area contributed by atoms with Crippen LogP contribution in [-0.2, 0) is 6.18 Å². The van der Waals surface area contributed by atoms with E-state index >= 15 is 0 Å². The lowest BCUT2D eigenvalue weighted by Gasteiger charge is -2.38. The quantitative estimate of drug-likeness (QED) is 0.172. The lowest BCUT2D eigenvalue weighted by atomic mass is 9.99. The molecule has 0 spiro atoms. The summed E-state index contributed by atoms with van der Waals surface area (Å²) in [6.45, 7) is 3.47. The fraction of sp³-hybridized carbons (Fsp3) is 0.286. The largest absolute Gasteiger partial charge is 0.485 e. The fourth-order valence-corrected chi connectivity index (χ4v) is 5.48. The number of carbonyl (C=O) groups excluding carboxylic acids is 3. The Morgan fingerprint density at radius 1 is 0.958 bits per heavy atom. The van der Waals surface area contributed by atoms with Crippen LogP contribution in [0.3, 0.4) is 0 Å². The van der Waals surface area contributed by atoms with Crippen LogP contribution in [0.5, 0.6) is 5.75 Å². The second-order valence-corrected chi connectivity index (χ2v) is 11.8. The smallest absolute Gasteiger partial charge is 0.416 e. The number of ether oxygens (including phenoxy) is 1. The molecule has 0 fully saturated rings. The number of alkyl halides is 3. The summed E-state index contributed by atoms with van der Waals surface area (Å²) in [5, 5.41) is 20.0. The Morgan fingerprint density at radius 2 is 1.60 bits per heavy atom. The number of likely N-dealkylation sites (N-methyl/N-ethyl adjacent to an activating group) is 1. The summed E-state index contributed by atoms with van der Waals surface area (Å²) in [5.41, 5.74) is 0.291. The van der Waals surface area contributed by atoms with E-state index in [0.29, 0.717) is 5.69 Å². The molecule has 48 heavy (non-hydrogen) atoms. The van der Waals surface area contributed by atoms with Gasteiger partial charge in [-0.2, -0.15) is 13.2 Å². The number of hydrogen-bond acceptors (Lipinski definition) is 5. The molecule has 0 radical (unpaired) electrons. The predicted molar refractivity (Wildman–Crippen MR) is 177 cm³/mol. The highest BCUT2D eigenvalue weighted by atomic mass is 19.4. The summed E-state index contributed by atoms with van der Waals surface area (Å²) in [7, 11) is 1.51. The van der Waals surface area contributed by atoms with E-state index < -0.39 is 41.9 Å². The van der Waals surface area contributed by atoms with Crippen molar-refractivity contribution in [2.24, 2.45) is 5.92 Å². The second kappa shape index (κ2) is 14.2. The van der Waals surface area contributed by atoms with Gasteiger partial charge in [-0.05, 0) is 54.8 Å². The third kappa shape index (κ3) is 7.63. The van der Waals surface area contributed by atoms with Gasteiger partial charge in [-0.1, -0.05) is 49.4 Å². The number of aliphatic hydroxyl groups is 1. The van der Waals surface area contributed by atoms with Gasteiger partial charge in [-0.15, -0.1) is 0 Å². The van der Waals surface area contributed by atoms with Gasteiger partial charge in [0.2, 0.25) is 0 Å². The molecule has 4 N–H and O–H groups in total. The molecule has 1 aliphatic heterocycles. The lowest BCUT2D eigenvalue weighted by molar-refractivity contribution is -0.137. The molecule has 3 atom stereocenters. The highest BCUT2D eigenvalue weighted by molar-refractivity contribution is 6.08. The van der Waals surface area contributed by atoms with Gasteiger partial charge in [-0.25, -0.2) is 9.59 Å². The van der Waals surface area contributed by atoms with Crippen LogP contribution in [0.4, 0.5) is 39.8 Å². The number of nitrogens with zero attached hydrogens (tertiary/aromatic N) is 2. The summed E-state index contributed by atoms with van der Waals surface area (Å²) in [4.78, 5) is 43.0. The highest BCUT2D eigenvalue weighted by Crippen LogP contribution is 2.35. The first-order valence-corrected chi connectivity index (χ1v) is 15.3. The third-order valence-electron chi connectivity index (χ3n) is 8.24. The number of carbonyl (C=O) groups is 3. The average Bonchev–Trinajstić information content (AvgIpc) is 3.06. The highest BCUT2D eigenvalue weighted by Gasteiger charge is 2.35. The number of amides is 5. The Kier molecular flexibility index (Phi) is 10.1. The molecule has 0 saturated carbocycles. The van der Waals surface area contributed by atoms with Crippen LogP contribution < -0.4 is 20.7 Å². The molecule has 1 heterocycles. The number of urea groups is 2. The number of para-hydroxylation sites is 1. The maximum Gasteiger partial charge on any atom is 0.416 e. The molecule has 13 heteroatoms. The van der Waals surface area contributed by atoms with E-state index in [-0.39, 0.29) is 48.3 Å². The molecule has 5 amide bonds. The first-order chi connectivity index (χ1) is 22.8. The van der Waals surface area contributed by atoms with Crippen molar-refractivity contribution in [1.29, 1.82) is 0 Å².